The zero-order valence-electron chi connectivity index (χ0n) is 16.3. The second-order valence-electron chi connectivity index (χ2n) is 7.99. The van der Waals surface area contributed by atoms with Gasteiger partial charge in [-0.2, -0.15) is 4.98 Å². The molecule has 2 fully saturated rings. The van der Waals surface area contributed by atoms with E-state index in [1.807, 2.05) is 6.07 Å². The molecule has 8 nitrogen and oxygen atoms in total. The molecule has 0 saturated carbocycles. The van der Waals surface area contributed by atoms with Crippen molar-refractivity contribution in [3.05, 3.63) is 23.2 Å². The Hall–Kier alpha value is -1.84. The van der Waals surface area contributed by atoms with Gasteiger partial charge in [-0.05, 0) is 42.9 Å². The van der Waals surface area contributed by atoms with E-state index in [0.717, 1.165) is 37.0 Å². The summed E-state index contributed by atoms with van der Waals surface area (Å²) in [5.74, 6) is 0.545. The third-order valence-corrected chi connectivity index (χ3v) is 7.15. The molecule has 1 aromatic heterocycles. The minimum Gasteiger partial charge on any atom is -0.423 e. The van der Waals surface area contributed by atoms with Crippen molar-refractivity contribution in [2.75, 3.05) is 43.9 Å². The van der Waals surface area contributed by atoms with Gasteiger partial charge in [0.15, 0.2) is 5.58 Å². The lowest BCUT2D eigenvalue weighted by molar-refractivity contribution is -0.123. The maximum atomic E-state index is 12.1. The fraction of sp³-hybridized carbons (Fsp3) is 0.579. The van der Waals surface area contributed by atoms with Crippen LogP contribution in [0.15, 0.2) is 22.6 Å². The van der Waals surface area contributed by atoms with Crippen LogP contribution < -0.4 is 10.2 Å². The van der Waals surface area contributed by atoms with Crippen LogP contribution in [0.4, 0.5) is 6.01 Å². The number of hydrogen-bond donors (Lipinski definition) is 1. The van der Waals surface area contributed by atoms with Gasteiger partial charge in [0.25, 0.3) is 6.01 Å². The van der Waals surface area contributed by atoms with Crippen LogP contribution >= 0.6 is 11.6 Å². The molecular weight excluding hydrogens is 416 g/mol. The molecular formula is C19H25ClN4O4S. The highest BCUT2D eigenvalue weighted by Gasteiger charge is 2.34. The number of amides is 1. The van der Waals surface area contributed by atoms with Crippen LogP contribution in [0.25, 0.3) is 11.1 Å². The van der Waals surface area contributed by atoms with Crippen molar-refractivity contribution in [1.29, 1.82) is 0 Å². The van der Waals surface area contributed by atoms with Crippen LogP contribution in [-0.2, 0) is 14.8 Å². The van der Waals surface area contributed by atoms with Gasteiger partial charge >= 0.3 is 0 Å². The number of hydrogen-bond acceptors (Lipinski definition) is 6. The van der Waals surface area contributed by atoms with Crippen molar-refractivity contribution >= 4 is 44.6 Å². The fourth-order valence-electron chi connectivity index (χ4n) is 3.87. The summed E-state index contributed by atoms with van der Waals surface area (Å²) >= 11 is 6.01. The monoisotopic (exact) mass is 440 g/mol. The first-order valence-corrected chi connectivity index (χ1v) is 12.0. The van der Waals surface area contributed by atoms with E-state index in [-0.39, 0.29) is 11.8 Å². The fourth-order valence-corrected chi connectivity index (χ4v) is 5.00. The normalized spacial score (nSPS) is 19.4. The lowest BCUT2D eigenvalue weighted by Gasteiger charge is -2.37. The summed E-state index contributed by atoms with van der Waals surface area (Å²) in [5.41, 5.74) is 1.48. The Morgan fingerprint density at radius 3 is 2.69 bits per heavy atom. The number of sulfonamides is 1. The number of nitrogens with one attached hydrogen (secondary N) is 1. The molecule has 0 radical (unpaired) electrons. The number of carbonyl (C=O) groups excluding carboxylic acids is 1. The van der Waals surface area contributed by atoms with Crippen molar-refractivity contribution in [1.82, 2.24) is 14.6 Å². The summed E-state index contributed by atoms with van der Waals surface area (Å²) in [6.45, 7) is 3.19. The van der Waals surface area contributed by atoms with Gasteiger partial charge in [0.2, 0.25) is 15.9 Å². The van der Waals surface area contributed by atoms with E-state index in [2.05, 4.69) is 15.2 Å². The molecule has 4 rings (SSSR count). The van der Waals surface area contributed by atoms with Crippen molar-refractivity contribution in [3.63, 3.8) is 0 Å². The highest BCUT2D eigenvalue weighted by Crippen LogP contribution is 2.28. The molecule has 1 aromatic carbocycles. The number of aromatic nitrogens is 1. The largest absolute Gasteiger partial charge is 0.423 e. The molecule has 0 spiro atoms. The summed E-state index contributed by atoms with van der Waals surface area (Å²) < 4.78 is 30.0. The topological polar surface area (TPSA) is 95.8 Å². The summed E-state index contributed by atoms with van der Waals surface area (Å²) in [6, 6.07) is 6.03. The molecule has 2 aliphatic heterocycles. The molecule has 2 aliphatic rings. The van der Waals surface area contributed by atoms with Crippen LogP contribution in [-0.4, -0.2) is 62.6 Å². The van der Waals surface area contributed by atoms with Gasteiger partial charge < -0.3 is 14.6 Å². The van der Waals surface area contributed by atoms with Gasteiger partial charge in [0, 0.05) is 44.2 Å². The SMILES string of the molecule is CS(=O)(=O)N1CC(CC(=O)NCC2CCN(c3nc4cc(Cl)ccc4o3)CC2)C1. The van der Waals surface area contributed by atoms with Crippen LogP contribution in [0.2, 0.25) is 5.02 Å². The number of oxazole rings is 1. The Bertz CT molecular complexity index is 995. The average Bonchev–Trinajstić information content (AvgIpc) is 3.05. The highest BCUT2D eigenvalue weighted by molar-refractivity contribution is 7.88. The third kappa shape index (κ3) is 4.84. The second kappa shape index (κ2) is 8.12. The molecule has 29 heavy (non-hydrogen) atoms. The zero-order chi connectivity index (χ0) is 20.6. The van der Waals surface area contributed by atoms with E-state index in [0.29, 0.717) is 43.0 Å². The quantitative estimate of drug-likeness (QED) is 0.738. The maximum absolute atomic E-state index is 12.1. The van der Waals surface area contributed by atoms with E-state index in [1.54, 1.807) is 12.1 Å². The van der Waals surface area contributed by atoms with Gasteiger partial charge in [0.05, 0.1) is 6.26 Å². The van der Waals surface area contributed by atoms with Gasteiger partial charge in [-0.25, -0.2) is 12.7 Å². The molecule has 2 aromatic rings. The van der Waals surface area contributed by atoms with Gasteiger partial charge in [-0.3, -0.25) is 4.79 Å². The van der Waals surface area contributed by atoms with E-state index < -0.39 is 10.0 Å². The second-order valence-corrected chi connectivity index (χ2v) is 10.4. The van der Waals surface area contributed by atoms with Crippen molar-refractivity contribution in [2.24, 2.45) is 11.8 Å². The molecule has 0 atom stereocenters. The molecule has 3 heterocycles. The van der Waals surface area contributed by atoms with Crippen LogP contribution in [0.3, 0.4) is 0 Å². The number of rotatable bonds is 6. The Morgan fingerprint density at radius 2 is 2.00 bits per heavy atom. The van der Waals surface area contributed by atoms with Crippen molar-refractivity contribution < 1.29 is 17.6 Å². The van der Waals surface area contributed by atoms with E-state index in [1.165, 1.54) is 10.6 Å². The van der Waals surface area contributed by atoms with Crippen LogP contribution in [0.1, 0.15) is 19.3 Å². The third-order valence-electron chi connectivity index (χ3n) is 5.68. The predicted octanol–water partition coefficient (Wildman–Crippen LogP) is 2.10. The molecule has 10 heteroatoms. The number of carbonyl (C=O) groups is 1. The highest BCUT2D eigenvalue weighted by atomic mass is 35.5. The molecule has 1 amide bonds. The summed E-state index contributed by atoms with van der Waals surface area (Å²) in [4.78, 5) is 18.8. The predicted molar refractivity (Wildman–Crippen MR) is 111 cm³/mol. The first-order chi connectivity index (χ1) is 13.8. The molecule has 0 unspecified atom stereocenters. The minimum atomic E-state index is -3.13. The summed E-state index contributed by atoms with van der Waals surface area (Å²) in [7, 11) is -3.13. The first-order valence-electron chi connectivity index (χ1n) is 9.81. The Labute approximate surface area is 175 Å². The van der Waals surface area contributed by atoms with E-state index >= 15 is 0 Å². The molecule has 0 aliphatic carbocycles. The lowest BCUT2D eigenvalue weighted by atomic mass is 9.96. The number of halogens is 1. The zero-order valence-corrected chi connectivity index (χ0v) is 17.9. The Morgan fingerprint density at radius 1 is 1.28 bits per heavy atom. The van der Waals surface area contributed by atoms with Gasteiger partial charge in [-0.1, -0.05) is 11.6 Å². The summed E-state index contributed by atoms with van der Waals surface area (Å²) in [5, 5.41) is 3.65. The standard InChI is InChI=1S/C19H25ClN4O4S/c1-29(26,27)24-11-14(12-24)8-18(25)21-10-13-4-6-23(7-5-13)19-22-16-9-15(20)2-3-17(16)28-19/h2-3,9,13-14H,4-8,10-12H2,1H3,(H,21,25). The molecule has 1 N–H and O–H groups in total. The maximum Gasteiger partial charge on any atom is 0.298 e. The van der Waals surface area contributed by atoms with Crippen LogP contribution in [0.5, 0.6) is 0 Å². The van der Waals surface area contributed by atoms with Gasteiger partial charge in [-0.15, -0.1) is 0 Å². The minimum absolute atomic E-state index is 0.00131. The molecule has 2 saturated heterocycles. The number of piperidine rings is 1. The number of benzene rings is 1. The van der Waals surface area contributed by atoms with Crippen molar-refractivity contribution in [2.45, 2.75) is 19.3 Å². The summed E-state index contributed by atoms with van der Waals surface area (Å²) in [6.07, 6.45) is 3.48. The van der Waals surface area contributed by atoms with Crippen molar-refractivity contribution in [3.8, 4) is 0 Å². The smallest absolute Gasteiger partial charge is 0.298 e. The van der Waals surface area contributed by atoms with E-state index in [4.69, 9.17) is 16.0 Å². The lowest BCUT2D eigenvalue weighted by Crippen LogP contribution is -2.51. The number of anilines is 1. The number of nitrogens with zero attached hydrogens (tertiary/aromatic N) is 3. The number of fused-ring (bicyclic) bond motifs is 1. The Kier molecular flexibility index (Phi) is 5.72. The van der Waals surface area contributed by atoms with Crippen LogP contribution in [0, 0.1) is 11.8 Å². The van der Waals surface area contributed by atoms with Gasteiger partial charge in [0.1, 0.15) is 5.52 Å². The molecule has 0 bridgehead atoms. The average molecular weight is 441 g/mol. The molecule has 158 valence electrons. The Balaban J connectivity index is 1.19. The first kappa shape index (κ1) is 20.4. The van der Waals surface area contributed by atoms with E-state index in [9.17, 15) is 13.2 Å².